The number of nitrogens with one attached hydrogen (secondary N) is 2. The third kappa shape index (κ3) is 6.55. The standard InChI is InChI=1S/C16H22ClN3O3.ClH/c1-2-23-16(22)20-10-8-19(9-11-20)7-6-15(21)18-14-5-3-4-13(17)12-14;/h3-5,12H,2,6-11H2,1H3,(H,18,21);1H. The summed E-state index contributed by atoms with van der Waals surface area (Å²) in [5, 5.41) is 3.45. The second-order valence-electron chi connectivity index (χ2n) is 5.49. The molecule has 0 spiro atoms. The molecule has 0 atom stereocenters. The maximum atomic E-state index is 12.0. The van der Waals surface area contributed by atoms with E-state index in [0.29, 0.717) is 36.8 Å². The van der Waals surface area contributed by atoms with Gasteiger partial charge in [-0.05, 0) is 25.1 Å². The first-order valence-corrected chi connectivity index (χ1v) is 8.27. The molecule has 0 unspecified atom stereocenters. The summed E-state index contributed by atoms with van der Waals surface area (Å²) in [4.78, 5) is 26.6. The molecule has 1 aromatic rings. The average molecular weight is 376 g/mol. The van der Waals surface area contributed by atoms with Crippen molar-refractivity contribution >= 4 is 29.3 Å². The van der Waals surface area contributed by atoms with Crippen LogP contribution in [0.3, 0.4) is 0 Å². The largest absolute Gasteiger partial charge is 1.00 e. The van der Waals surface area contributed by atoms with Crippen LogP contribution in [0, 0.1) is 0 Å². The number of carbonyl (C=O) groups is 2. The Labute approximate surface area is 153 Å². The van der Waals surface area contributed by atoms with Gasteiger partial charge < -0.3 is 27.4 Å². The first-order valence-electron chi connectivity index (χ1n) is 7.89. The normalized spacial score (nSPS) is 14.7. The Morgan fingerprint density at radius 2 is 2.04 bits per heavy atom. The number of quaternary nitrogens is 1. The van der Waals surface area contributed by atoms with Gasteiger partial charge >= 0.3 is 6.09 Å². The minimum atomic E-state index is -0.245. The van der Waals surface area contributed by atoms with E-state index in [0.717, 1.165) is 19.6 Å². The molecule has 8 heteroatoms. The average Bonchev–Trinajstić information content (AvgIpc) is 2.54. The number of rotatable bonds is 5. The summed E-state index contributed by atoms with van der Waals surface area (Å²) in [6.07, 6.45) is 0.201. The molecule has 1 aliphatic rings. The summed E-state index contributed by atoms with van der Waals surface area (Å²) in [5.74, 6) is -0.0208. The van der Waals surface area contributed by atoms with Crippen LogP contribution in [0.5, 0.6) is 0 Å². The van der Waals surface area contributed by atoms with Gasteiger partial charge in [0.1, 0.15) is 0 Å². The van der Waals surface area contributed by atoms with Crippen molar-refractivity contribution in [1.82, 2.24) is 4.90 Å². The Morgan fingerprint density at radius 1 is 1.33 bits per heavy atom. The molecule has 2 rings (SSSR count). The van der Waals surface area contributed by atoms with Crippen LogP contribution in [-0.2, 0) is 9.53 Å². The Morgan fingerprint density at radius 3 is 2.67 bits per heavy atom. The third-order valence-corrected chi connectivity index (χ3v) is 4.05. The lowest BCUT2D eigenvalue weighted by atomic mass is 10.2. The fraction of sp³-hybridized carbons (Fsp3) is 0.500. The molecule has 2 amide bonds. The zero-order valence-electron chi connectivity index (χ0n) is 13.7. The van der Waals surface area contributed by atoms with Crippen LogP contribution in [-0.4, -0.2) is 56.2 Å². The number of amides is 2. The van der Waals surface area contributed by atoms with Gasteiger partial charge in [0.15, 0.2) is 0 Å². The van der Waals surface area contributed by atoms with E-state index in [1.807, 2.05) is 6.07 Å². The Kier molecular flexibility index (Phi) is 8.89. The van der Waals surface area contributed by atoms with Crippen LogP contribution in [0.15, 0.2) is 24.3 Å². The fourth-order valence-electron chi connectivity index (χ4n) is 2.55. The summed E-state index contributed by atoms with van der Waals surface area (Å²) in [7, 11) is 0. The number of halogens is 2. The van der Waals surface area contributed by atoms with Crippen molar-refractivity contribution in [3.63, 3.8) is 0 Å². The molecule has 0 aromatic heterocycles. The van der Waals surface area contributed by atoms with E-state index in [1.165, 1.54) is 4.90 Å². The highest BCUT2D eigenvalue weighted by atomic mass is 35.5. The molecule has 0 saturated carbocycles. The number of hydrogen-bond donors (Lipinski definition) is 2. The van der Waals surface area contributed by atoms with E-state index >= 15 is 0 Å². The highest BCUT2D eigenvalue weighted by molar-refractivity contribution is 6.30. The summed E-state index contributed by atoms with van der Waals surface area (Å²) < 4.78 is 4.99. The van der Waals surface area contributed by atoms with Crippen LogP contribution < -0.4 is 22.6 Å². The molecule has 1 saturated heterocycles. The molecule has 1 aliphatic heterocycles. The number of benzene rings is 1. The number of hydrogen-bond acceptors (Lipinski definition) is 3. The van der Waals surface area contributed by atoms with Crippen LogP contribution in [0.2, 0.25) is 5.02 Å². The van der Waals surface area contributed by atoms with Crippen LogP contribution in [0.4, 0.5) is 10.5 Å². The van der Waals surface area contributed by atoms with Crippen LogP contribution in [0.1, 0.15) is 13.3 Å². The molecule has 2 N–H and O–H groups in total. The number of carbonyl (C=O) groups excluding carboxylic acids is 2. The summed E-state index contributed by atoms with van der Waals surface area (Å²) >= 11 is 5.89. The van der Waals surface area contributed by atoms with Crippen molar-refractivity contribution in [2.75, 3.05) is 44.6 Å². The summed E-state index contributed by atoms with van der Waals surface area (Å²) in [6.45, 7) is 5.97. The quantitative estimate of drug-likeness (QED) is 0.627. The Bertz CT molecular complexity index is 549. The molecule has 1 aromatic carbocycles. The molecule has 0 bridgehead atoms. The number of ether oxygens (including phenoxy) is 1. The first kappa shape index (κ1) is 20.5. The zero-order valence-corrected chi connectivity index (χ0v) is 15.2. The van der Waals surface area contributed by atoms with Gasteiger partial charge in [-0.1, -0.05) is 17.7 Å². The molecule has 0 aliphatic carbocycles. The van der Waals surface area contributed by atoms with Gasteiger partial charge in [0.25, 0.3) is 0 Å². The van der Waals surface area contributed by atoms with E-state index in [-0.39, 0.29) is 24.4 Å². The minimum Gasteiger partial charge on any atom is -1.00 e. The monoisotopic (exact) mass is 375 g/mol. The molecular formula is C16H23Cl2N3O3. The SMILES string of the molecule is CCOC(=O)N1CC[NH+](CCC(=O)Nc2cccc(Cl)c2)CC1.[Cl-]. The van der Waals surface area contributed by atoms with E-state index < -0.39 is 0 Å². The molecule has 24 heavy (non-hydrogen) atoms. The van der Waals surface area contributed by atoms with Gasteiger partial charge in [0.05, 0.1) is 45.8 Å². The molecule has 0 radical (unpaired) electrons. The third-order valence-electron chi connectivity index (χ3n) is 3.81. The highest BCUT2D eigenvalue weighted by Crippen LogP contribution is 2.14. The maximum absolute atomic E-state index is 12.0. The second kappa shape index (κ2) is 10.4. The number of anilines is 1. The molecule has 1 fully saturated rings. The van der Waals surface area contributed by atoms with Gasteiger partial charge in [-0.3, -0.25) is 9.69 Å². The van der Waals surface area contributed by atoms with Crippen molar-refractivity contribution in [1.29, 1.82) is 0 Å². The van der Waals surface area contributed by atoms with E-state index in [4.69, 9.17) is 16.3 Å². The minimum absolute atomic E-state index is 0. The van der Waals surface area contributed by atoms with E-state index in [9.17, 15) is 9.59 Å². The summed E-state index contributed by atoms with van der Waals surface area (Å²) in [6, 6.07) is 7.11. The van der Waals surface area contributed by atoms with Crippen molar-refractivity contribution in [2.45, 2.75) is 13.3 Å². The van der Waals surface area contributed by atoms with Crippen molar-refractivity contribution in [3.05, 3.63) is 29.3 Å². The summed E-state index contributed by atoms with van der Waals surface area (Å²) in [5.41, 5.74) is 0.713. The van der Waals surface area contributed by atoms with E-state index in [1.54, 1.807) is 30.0 Å². The molecule has 1 heterocycles. The molecule has 134 valence electrons. The highest BCUT2D eigenvalue weighted by Gasteiger charge is 2.24. The molecule has 6 nitrogen and oxygen atoms in total. The lowest BCUT2D eigenvalue weighted by molar-refractivity contribution is -0.903. The van der Waals surface area contributed by atoms with Crippen LogP contribution >= 0.6 is 11.6 Å². The Hall–Kier alpha value is -1.50. The van der Waals surface area contributed by atoms with Gasteiger partial charge in [-0.15, -0.1) is 0 Å². The first-order chi connectivity index (χ1) is 11.1. The molecular weight excluding hydrogens is 353 g/mol. The van der Waals surface area contributed by atoms with Gasteiger partial charge in [-0.2, -0.15) is 0 Å². The maximum Gasteiger partial charge on any atom is 0.410 e. The van der Waals surface area contributed by atoms with E-state index in [2.05, 4.69) is 5.32 Å². The zero-order chi connectivity index (χ0) is 16.7. The number of piperazine rings is 1. The van der Waals surface area contributed by atoms with Gasteiger partial charge in [0, 0.05) is 10.7 Å². The lowest BCUT2D eigenvalue weighted by Crippen LogP contribution is -3.15. The van der Waals surface area contributed by atoms with Crippen molar-refractivity contribution in [2.24, 2.45) is 0 Å². The van der Waals surface area contributed by atoms with Gasteiger partial charge in [-0.25, -0.2) is 4.79 Å². The predicted octanol–water partition coefficient (Wildman–Crippen LogP) is -1.97. The lowest BCUT2D eigenvalue weighted by Gasteiger charge is -2.31. The predicted molar refractivity (Wildman–Crippen MR) is 88.9 cm³/mol. The Balaban J connectivity index is 0.00000288. The van der Waals surface area contributed by atoms with Crippen LogP contribution in [0.25, 0.3) is 0 Å². The fourth-order valence-corrected chi connectivity index (χ4v) is 2.74. The topological polar surface area (TPSA) is 63.1 Å². The second-order valence-corrected chi connectivity index (χ2v) is 5.93. The smallest absolute Gasteiger partial charge is 0.410 e. The van der Waals surface area contributed by atoms with Gasteiger partial charge in [0.2, 0.25) is 5.91 Å². The van der Waals surface area contributed by atoms with Crippen molar-refractivity contribution < 1.29 is 31.6 Å². The number of nitrogens with zero attached hydrogens (tertiary/aromatic N) is 1. The van der Waals surface area contributed by atoms with Crippen molar-refractivity contribution in [3.8, 4) is 0 Å².